The zero-order valence-corrected chi connectivity index (χ0v) is 10.4. The number of nitrogens with two attached hydrogens (primary N) is 1. The first-order valence-corrected chi connectivity index (χ1v) is 6.50. The molecule has 0 heterocycles. The second kappa shape index (κ2) is 9.51. The van der Waals surface area contributed by atoms with Crippen LogP contribution in [-0.2, 0) is 0 Å². The summed E-state index contributed by atoms with van der Waals surface area (Å²) in [6.07, 6.45) is 10.4. The fourth-order valence-electron chi connectivity index (χ4n) is 2.00. The number of hydrogen-bond donors (Lipinski definition) is 1. The van der Waals surface area contributed by atoms with Crippen LogP contribution in [0.4, 0.5) is 0 Å². The van der Waals surface area contributed by atoms with E-state index < -0.39 is 0 Å². The monoisotopic (exact) mass is 199 g/mol. The van der Waals surface area contributed by atoms with Gasteiger partial charge >= 0.3 is 0 Å². The van der Waals surface area contributed by atoms with E-state index in [-0.39, 0.29) is 0 Å². The van der Waals surface area contributed by atoms with Crippen LogP contribution in [0.2, 0.25) is 0 Å². The number of unbranched alkanes of at least 4 members (excludes halogenated alkanes) is 3. The molecule has 0 saturated carbocycles. The molecule has 0 fully saturated rings. The topological polar surface area (TPSA) is 26.0 Å². The Morgan fingerprint density at radius 1 is 0.929 bits per heavy atom. The average molecular weight is 199 g/mol. The maximum absolute atomic E-state index is 6.11. The summed E-state index contributed by atoms with van der Waals surface area (Å²) < 4.78 is 0. The molecule has 0 radical (unpaired) electrons. The van der Waals surface area contributed by atoms with Crippen LogP contribution in [0.3, 0.4) is 0 Å². The molecule has 0 aliphatic rings. The summed E-state index contributed by atoms with van der Waals surface area (Å²) in [4.78, 5) is 0. The van der Waals surface area contributed by atoms with Crippen molar-refractivity contribution in [3.05, 3.63) is 0 Å². The van der Waals surface area contributed by atoms with Crippen molar-refractivity contribution in [2.45, 2.75) is 78.2 Å². The van der Waals surface area contributed by atoms with Crippen molar-refractivity contribution in [3.8, 4) is 0 Å². The average Bonchev–Trinajstić information content (AvgIpc) is 2.21. The Kier molecular flexibility index (Phi) is 9.49. The molecule has 1 heteroatoms. The smallest absolute Gasteiger partial charge is 0.00414 e. The Labute approximate surface area is 90.5 Å². The van der Waals surface area contributed by atoms with Crippen molar-refractivity contribution in [2.75, 3.05) is 0 Å². The van der Waals surface area contributed by atoms with E-state index in [1.54, 1.807) is 0 Å². The summed E-state index contributed by atoms with van der Waals surface area (Å²) in [7, 11) is 0. The van der Waals surface area contributed by atoms with E-state index in [0.717, 1.165) is 5.92 Å². The summed E-state index contributed by atoms with van der Waals surface area (Å²) in [6.45, 7) is 6.81. The lowest BCUT2D eigenvalue weighted by atomic mass is 9.92. The fraction of sp³-hybridized carbons (Fsp3) is 1.00. The molecule has 0 amide bonds. The molecular weight excluding hydrogens is 170 g/mol. The summed E-state index contributed by atoms with van der Waals surface area (Å²) in [5, 5.41) is 0. The van der Waals surface area contributed by atoms with Gasteiger partial charge in [-0.05, 0) is 18.8 Å². The van der Waals surface area contributed by atoms with Gasteiger partial charge in [-0.2, -0.15) is 0 Å². The van der Waals surface area contributed by atoms with Gasteiger partial charge in [-0.1, -0.05) is 59.3 Å². The Bertz CT molecular complexity index is 108. The number of rotatable bonds is 9. The van der Waals surface area contributed by atoms with Gasteiger partial charge in [0, 0.05) is 6.04 Å². The fourth-order valence-corrected chi connectivity index (χ4v) is 2.00. The van der Waals surface area contributed by atoms with Crippen LogP contribution in [-0.4, -0.2) is 6.04 Å². The highest BCUT2D eigenvalue weighted by atomic mass is 14.6. The van der Waals surface area contributed by atoms with Gasteiger partial charge in [0.1, 0.15) is 0 Å². The molecule has 2 N–H and O–H groups in total. The van der Waals surface area contributed by atoms with Crippen molar-refractivity contribution in [2.24, 2.45) is 11.7 Å². The van der Waals surface area contributed by atoms with Crippen LogP contribution in [0.5, 0.6) is 0 Å². The normalized spacial score (nSPS) is 13.5. The maximum Gasteiger partial charge on any atom is 0.00414 e. The highest BCUT2D eigenvalue weighted by molar-refractivity contribution is 4.66. The predicted octanol–water partition coefficient (Wildman–Crippen LogP) is 4.11. The molecule has 0 bridgehead atoms. The molecule has 0 aliphatic carbocycles. The molecule has 0 rings (SSSR count). The predicted molar refractivity (Wildman–Crippen MR) is 65.4 cm³/mol. The van der Waals surface area contributed by atoms with Gasteiger partial charge in [0.2, 0.25) is 0 Å². The summed E-state index contributed by atoms with van der Waals surface area (Å²) in [5.41, 5.74) is 6.11. The molecule has 0 aromatic carbocycles. The minimum Gasteiger partial charge on any atom is -0.328 e. The van der Waals surface area contributed by atoms with Crippen LogP contribution >= 0.6 is 0 Å². The third-order valence-electron chi connectivity index (χ3n) is 3.22. The van der Waals surface area contributed by atoms with E-state index in [9.17, 15) is 0 Å². The Hall–Kier alpha value is -0.0400. The van der Waals surface area contributed by atoms with Gasteiger partial charge in [-0.3, -0.25) is 0 Å². The Morgan fingerprint density at radius 2 is 1.57 bits per heavy atom. The lowest BCUT2D eigenvalue weighted by Gasteiger charge is -2.17. The molecule has 14 heavy (non-hydrogen) atoms. The first-order valence-electron chi connectivity index (χ1n) is 6.50. The quantitative estimate of drug-likeness (QED) is 0.556. The highest BCUT2D eigenvalue weighted by Gasteiger charge is 2.09. The minimum atomic E-state index is 0.455. The van der Waals surface area contributed by atoms with E-state index in [2.05, 4.69) is 20.8 Å². The zero-order valence-electron chi connectivity index (χ0n) is 10.4. The second-order valence-corrected chi connectivity index (χ2v) is 4.53. The molecule has 0 aromatic heterocycles. The van der Waals surface area contributed by atoms with Crippen molar-refractivity contribution in [1.29, 1.82) is 0 Å². The van der Waals surface area contributed by atoms with Gasteiger partial charge in [-0.15, -0.1) is 0 Å². The van der Waals surface area contributed by atoms with Crippen molar-refractivity contribution in [1.82, 2.24) is 0 Å². The third-order valence-corrected chi connectivity index (χ3v) is 3.22. The van der Waals surface area contributed by atoms with E-state index in [1.807, 2.05) is 0 Å². The van der Waals surface area contributed by atoms with Crippen molar-refractivity contribution < 1.29 is 0 Å². The molecule has 1 nitrogen and oxygen atoms in total. The van der Waals surface area contributed by atoms with Crippen molar-refractivity contribution >= 4 is 0 Å². The largest absolute Gasteiger partial charge is 0.328 e. The summed E-state index contributed by atoms with van der Waals surface area (Å²) in [6, 6.07) is 0.455. The van der Waals surface area contributed by atoms with Crippen LogP contribution in [0, 0.1) is 5.92 Å². The molecule has 0 saturated heterocycles. The molecule has 0 aromatic rings. The second-order valence-electron chi connectivity index (χ2n) is 4.53. The maximum atomic E-state index is 6.11. The summed E-state index contributed by atoms with van der Waals surface area (Å²) >= 11 is 0. The van der Waals surface area contributed by atoms with Gasteiger partial charge in [0.15, 0.2) is 0 Å². The zero-order chi connectivity index (χ0) is 10.8. The first-order chi connectivity index (χ1) is 6.74. The standard InChI is InChI=1S/C13H29N/c1-4-7-8-9-10-13(14)11-12(5-2)6-3/h12-13H,4-11,14H2,1-3H3. The van der Waals surface area contributed by atoms with E-state index in [0.29, 0.717) is 6.04 Å². The van der Waals surface area contributed by atoms with Crippen LogP contribution in [0.15, 0.2) is 0 Å². The van der Waals surface area contributed by atoms with Crippen LogP contribution in [0.1, 0.15) is 72.1 Å². The summed E-state index contributed by atoms with van der Waals surface area (Å²) in [5.74, 6) is 0.858. The van der Waals surface area contributed by atoms with Gasteiger partial charge in [0.25, 0.3) is 0 Å². The van der Waals surface area contributed by atoms with Gasteiger partial charge in [0.05, 0.1) is 0 Å². The molecule has 0 spiro atoms. The number of hydrogen-bond acceptors (Lipinski definition) is 1. The SMILES string of the molecule is CCCCCCC(N)CC(CC)CC. The molecule has 1 atom stereocenters. The van der Waals surface area contributed by atoms with Gasteiger partial charge in [-0.25, -0.2) is 0 Å². The highest BCUT2D eigenvalue weighted by Crippen LogP contribution is 2.17. The first kappa shape index (κ1) is 14.0. The molecular formula is C13H29N. The van der Waals surface area contributed by atoms with E-state index in [1.165, 1.54) is 51.4 Å². The van der Waals surface area contributed by atoms with Crippen LogP contribution < -0.4 is 5.73 Å². The van der Waals surface area contributed by atoms with Gasteiger partial charge < -0.3 is 5.73 Å². The molecule has 0 aliphatic heterocycles. The van der Waals surface area contributed by atoms with Crippen molar-refractivity contribution in [3.63, 3.8) is 0 Å². The lowest BCUT2D eigenvalue weighted by Crippen LogP contribution is -2.23. The molecule has 86 valence electrons. The third kappa shape index (κ3) is 7.37. The minimum absolute atomic E-state index is 0.455. The lowest BCUT2D eigenvalue weighted by molar-refractivity contribution is 0.389. The molecule has 1 unspecified atom stereocenters. The van der Waals surface area contributed by atoms with E-state index in [4.69, 9.17) is 5.73 Å². The Balaban J connectivity index is 3.38. The van der Waals surface area contributed by atoms with E-state index >= 15 is 0 Å². The van der Waals surface area contributed by atoms with Crippen LogP contribution in [0.25, 0.3) is 0 Å². The Morgan fingerprint density at radius 3 is 2.07 bits per heavy atom.